The van der Waals surface area contributed by atoms with Crippen molar-refractivity contribution in [3.05, 3.63) is 94.2 Å². The predicted octanol–water partition coefficient (Wildman–Crippen LogP) is 5.80. The molecule has 0 aliphatic carbocycles. The van der Waals surface area contributed by atoms with Crippen LogP contribution in [-0.4, -0.2) is 20.7 Å². The summed E-state index contributed by atoms with van der Waals surface area (Å²) in [6, 6.07) is 22.1. The minimum Gasteiger partial charge on any atom is -0.319 e. The molecule has 0 aliphatic rings. The number of anilines is 1. The third kappa shape index (κ3) is 4.01. The summed E-state index contributed by atoms with van der Waals surface area (Å²) in [5, 5.41) is 8.48. The molecule has 144 valence electrons. The molecule has 0 radical (unpaired) electrons. The molecule has 1 heterocycles. The van der Waals surface area contributed by atoms with E-state index < -0.39 is 5.91 Å². The highest BCUT2D eigenvalue weighted by molar-refractivity contribution is 6.31. The van der Waals surface area contributed by atoms with E-state index in [9.17, 15) is 4.79 Å². The summed E-state index contributed by atoms with van der Waals surface area (Å²) in [7, 11) is 0. The van der Waals surface area contributed by atoms with Gasteiger partial charge in [0.2, 0.25) is 5.82 Å². The van der Waals surface area contributed by atoms with Gasteiger partial charge in [-0.3, -0.25) is 4.79 Å². The Hall–Kier alpha value is -3.15. The number of aromatic nitrogens is 3. The molecule has 0 aliphatic heterocycles. The van der Waals surface area contributed by atoms with Crippen LogP contribution in [0.1, 0.15) is 16.2 Å². The average molecular weight is 423 g/mol. The first-order valence-electron chi connectivity index (χ1n) is 8.88. The lowest BCUT2D eigenvalue weighted by atomic mass is 10.2. The Morgan fingerprint density at radius 3 is 2.38 bits per heavy atom. The van der Waals surface area contributed by atoms with E-state index in [1.54, 1.807) is 35.0 Å². The highest BCUT2D eigenvalue weighted by Crippen LogP contribution is 2.25. The Morgan fingerprint density at radius 2 is 1.66 bits per heavy atom. The molecule has 0 unspecified atom stereocenters. The van der Waals surface area contributed by atoms with E-state index in [-0.39, 0.29) is 5.82 Å². The minimum atomic E-state index is -0.416. The van der Waals surface area contributed by atoms with Crippen molar-refractivity contribution in [2.24, 2.45) is 0 Å². The predicted molar refractivity (Wildman–Crippen MR) is 116 cm³/mol. The summed E-state index contributed by atoms with van der Waals surface area (Å²) in [5.41, 5.74) is 2.99. The van der Waals surface area contributed by atoms with Gasteiger partial charge in [-0.15, -0.1) is 5.10 Å². The summed E-state index contributed by atoms with van der Waals surface area (Å²) in [5.74, 6) is 0.194. The Kier molecular flexibility index (Phi) is 5.34. The van der Waals surface area contributed by atoms with Gasteiger partial charge in [0.1, 0.15) is 0 Å². The lowest BCUT2D eigenvalue weighted by molar-refractivity contribution is 0.101. The van der Waals surface area contributed by atoms with Gasteiger partial charge in [-0.05, 0) is 48.9 Å². The molecule has 0 saturated carbocycles. The maximum Gasteiger partial charge on any atom is 0.295 e. The zero-order valence-electron chi connectivity index (χ0n) is 15.4. The Balaban J connectivity index is 1.75. The Bertz CT molecular complexity index is 1170. The van der Waals surface area contributed by atoms with Crippen LogP contribution in [0.15, 0.2) is 72.8 Å². The van der Waals surface area contributed by atoms with Crippen molar-refractivity contribution in [3.8, 4) is 17.1 Å². The molecule has 5 nitrogen and oxygen atoms in total. The third-order valence-corrected chi connectivity index (χ3v) is 5.09. The average Bonchev–Trinajstić information content (AvgIpc) is 3.18. The number of halogens is 2. The largest absolute Gasteiger partial charge is 0.319 e. The van der Waals surface area contributed by atoms with Crippen LogP contribution in [0, 0.1) is 6.92 Å². The number of hydrogen-bond acceptors (Lipinski definition) is 3. The normalized spacial score (nSPS) is 10.7. The number of nitrogens with one attached hydrogen (secondary N) is 1. The van der Waals surface area contributed by atoms with Gasteiger partial charge in [-0.2, -0.15) is 0 Å². The second kappa shape index (κ2) is 8.07. The smallest absolute Gasteiger partial charge is 0.295 e. The van der Waals surface area contributed by atoms with Crippen LogP contribution in [0.5, 0.6) is 0 Å². The zero-order chi connectivity index (χ0) is 20.4. The van der Waals surface area contributed by atoms with Crippen molar-refractivity contribution in [2.75, 3.05) is 5.32 Å². The van der Waals surface area contributed by atoms with Crippen LogP contribution in [0.2, 0.25) is 10.0 Å². The fourth-order valence-electron chi connectivity index (χ4n) is 2.87. The first kappa shape index (κ1) is 19.2. The molecular weight excluding hydrogens is 407 g/mol. The quantitative estimate of drug-likeness (QED) is 0.451. The van der Waals surface area contributed by atoms with Crippen LogP contribution in [-0.2, 0) is 0 Å². The highest BCUT2D eigenvalue weighted by Gasteiger charge is 2.19. The second-order valence-corrected chi connectivity index (χ2v) is 7.22. The molecule has 1 amide bonds. The zero-order valence-corrected chi connectivity index (χ0v) is 16.9. The van der Waals surface area contributed by atoms with E-state index in [0.29, 0.717) is 21.6 Å². The van der Waals surface area contributed by atoms with Gasteiger partial charge in [0.15, 0.2) is 5.82 Å². The molecule has 4 rings (SSSR count). The molecular formula is C22H16Cl2N4O. The van der Waals surface area contributed by atoms with Gasteiger partial charge in [0.05, 0.1) is 5.69 Å². The summed E-state index contributed by atoms with van der Waals surface area (Å²) < 4.78 is 1.63. The molecule has 0 spiro atoms. The van der Waals surface area contributed by atoms with Gasteiger partial charge in [0.25, 0.3) is 5.91 Å². The standard InChI is InChI=1S/C22H16Cl2N4O/c1-14-18(24)8-5-9-19(14)25-22(29)20-26-21(15-6-3-2-4-7-15)28(27-20)17-12-10-16(23)11-13-17/h2-13H,1H3,(H,25,29). The molecule has 0 atom stereocenters. The molecule has 29 heavy (non-hydrogen) atoms. The first-order chi connectivity index (χ1) is 14.0. The fraction of sp³-hybridized carbons (Fsp3) is 0.0455. The van der Waals surface area contributed by atoms with E-state index in [1.165, 1.54) is 0 Å². The number of benzene rings is 3. The molecule has 7 heteroatoms. The van der Waals surface area contributed by atoms with Crippen molar-refractivity contribution >= 4 is 34.8 Å². The van der Waals surface area contributed by atoms with Crippen LogP contribution in [0.3, 0.4) is 0 Å². The maximum absolute atomic E-state index is 12.8. The molecule has 0 bridgehead atoms. The molecule has 1 aromatic heterocycles. The van der Waals surface area contributed by atoms with E-state index in [0.717, 1.165) is 16.8 Å². The lowest BCUT2D eigenvalue weighted by Gasteiger charge is -2.07. The highest BCUT2D eigenvalue weighted by atomic mass is 35.5. The summed E-state index contributed by atoms with van der Waals surface area (Å²) >= 11 is 12.2. The number of carbonyl (C=O) groups excluding carboxylic acids is 1. The van der Waals surface area contributed by atoms with Gasteiger partial charge >= 0.3 is 0 Å². The van der Waals surface area contributed by atoms with Crippen molar-refractivity contribution < 1.29 is 4.79 Å². The lowest BCUT2D eigenvalue weighted by Crippen LogP contribution is -2.15. The van der Waals surface area contributed by atoms with Crippen molar-refractivity contribution in [1.29, 1.82) is 0 Å². The Labute approximate surface area is 177 Å². The third-order valence-electron chi connectivity index (χ3n) is 4.43. The van der Waals surface area contributed by atoms with E-state index in [2.05, 4.69) is 15.4 Å². The molecule has 3 aromatic carbocycles. The number of nitrogens with zero attached hydrogens (tertiary/aromatic N) is 3. The second-order valence-electron chi connectivity index (χ2n) is 6.38. The number of rotatable bonds is 4. The van der Waals surface area contributed by atoms with E-state index in [4.69, 9.17) is 23.2 Å². The van der Waals surface area contributed by atoms with Gasteiger partial charge in [-0.25, -0.2) is 9.67 Å². The molecule has 0 saturated heterocycles. The van der Waals surface area contributed by atoms with Crippen molar-refractivity contribution in [1.82, 2.24) is 14.8 Å². The summed E-state index contributed by atoms with van der Waals surface area (Å²) in [6.07, 6.45) is 0. The van der Waals surface area contributed by atoms with Crippen LogP contribution < -0.4 is 5.32 Å². The summed E-state index contributed by atoms with van der Waals surface area (Å²) in [6.45, 7) is 1.84. The van der Waals surface area contributed by atoms with Gasteiger partial charge in [-0.1, -0.05) is 59.6 Å². The van der Waals surface area contributed by atoms with Crippen LogP contribution in [0.25, 0.3) is 17.1 Å². The number of hydrogen-bond donors (Lipinski definition) is 1. The van der Waals surface area contributed by atoms with Crippen molar-refractivity contribution in [2.45, 2.75) is 6.92 Å². The fourth-order valence-corrected chi connectivity index (χ4v) is 3.17. The van der Waals surface area contributed by atoms with Crippen LogP contribution >= 0.6 is 23.2 Å². The Morgan fingerprint density at radius 1 is 0.931 bits per heavy atom. The monoisotopic (exact) mass is 422 g/mol. The SMILES string of the molecule is Cc1c(Cl)cccc1NC(=O)c1nc(-c2ccccc2)n(-c2ccc(Cl)cc2)n1. The molecule has 1 N–H and O–H groups in total. The number of carbonyl (C=O) groups is 1. The number of amides is 1. The minimum absolute atomic E-state index is 0.0539. The van der Waals surface area contributed by atoms with Crippen LogP contribution in [0.4, 0.5) is 5.69 Å². The van der Waals surface area contributed by atoms with Crippen molar-refractivity contribution in [3.63, 3.8) is 0 Å². The maximum atomic E-state index is 12.8. The molecule has 0 fully saturated rings. The topological polar surface area (TPSA) is 59.8 Å². The van der Waals surface area contributed by atoms with Gasteiger partial charge < -0.3 is 5.32 Å². The van der Waals surface area contributed by atoms with Gasteiger partial charge in [0, 0.05) is 21.3 Å². The van der Waals surface area contributed by atoms with E-state index >= 15 is 0 Å². The first-order valence-corrected chi connectivity index (χ1v) is 9.63. The molecule has 4 aromatic rings. The van der Waals surface area contributed by atoms with E-state index in [1.807, 2.05) is 49.4 Å². The summed E-state index contributed by atoms with van der Waals surface area (Å²) in [4.78, 5) is 17.3.